The van der Waals surface area contributed by atoms with Gasteiger partial charge >= 0.3 is 5.85 Å². The van der Waals surface area contributed by atoms with Gasteiger partial charge in [-0.1, -0.05) is 0 Å². The van der Waals surface area contributed by atoms with Crippen molar-refractivity contribution < 1.29 is 26.7 Å². The molecule has 1 aromatic rings. The van der Waals surface area contributed by atoms with E-state index in [1.54, 1.807) is 0 Å². The molecule has 1 atom stereocenters. The second-order valence-corrected chi connectivity index (χ2v) is 4.25. The van der Waals surface area contributed by atoms with Gasteiger partial charge in [-0.15, -0.1) is 0 Å². The van der Waals surface area contributed by atoms with Crippen LogP contribution in [0.4, 0.5) is 27.6 Å². The Hall–Kier alpha value is -1.53. The van der Waals surface area contributed by atoms with Gasteiger partial charge in [0.25, 0.3) is 0 Å². The fourth-order valence-electron chi connectivity index (χ4n) is 1.51. The van der Waals surface area contributed by atoms with Crippen LogP contribution in [0.15, 0.2) is 24.3 Å². The third-order valence-corrected chi connectivity index (χ3v) is 2.78. The van der Waals surface area contributed by atoms with E-state index in [-0.39, 0.29) is 5.75 Å². The number of ether oxygens (including phenoxy) is 1. The van der Waals surface area contributed by atoms with Crippen LogP contribution < -0.4 is 10.1 Å². The Bertz CT molecular complexity index is 410. The Kier molecular flexibility index (Phi) is 5.59. The molecule has 0 spiro atoms. The minimum atomic E-state index is -3.71. The summed E-state index contributed by atoms with van der Waals surface area (Å²) in [5.74, 6) is -3.94. The van der Waals surface area contributed by atoms with Gasteiger partial charge in [-0.2, -0.15) is 4.39 Å². The van der Waals surface area contributed by atoms with Gasteiger partial charge in [-0.25, -0.2) is 17.6 Å². The Balaban J connectivity index is 2.92. The highest BCUT2D eigenvalue weighted by Crippen LogP contribution is 2.35. The monoisotopic (exact) mass is 297 g/mol. The average Bonchev–Trinajstić information content (AvgIpc) is 2.48. The fourth-order valence-corrected chi connectivity index (χ4v) is 1.51. The van der Waals surface area contributed by atoms with Gasteiger partial charge in [0.15, 0.2) is 6.67 Å². The van der Waals surface area contributed by atoms with Crippen LogP contribution in [0.3, 0.4) is 0 Å². The molecule has 0 aliphatic carbocycles. The summed E-state index contributed by atoms with van der Waals surface area (Å²) in [6, 6.07) is 5.47. The van der Waals surface area contributed by atoms with Crippen molar-refractivity contribution in [2.75, 3.05) is 31.9 Å². The summed E-state index contributed by atoms with van der Waals surface area (Å²) in [6.07, 6.45) is 0. The molecule has 0 radical (unpaired) electrons. The van der Waals surface area contributed by atoms with E-state index in [2.05, 4.69) is 10.1 Å². The number of anilines is 1. The second kappa shape index (κ2) is 6.76. The molecule has 1 rings (SSSR count). The molecule has 0 fully saturated rings. The number of nitrogens with one attached hydrogen (secondary N) is 1. The normalized spacial score (nSPS) is 14.7. The maximum absolute atomic E-state index is 14.0. The van der Waals surface area contributed by atoms with Crippen LogP contribution in [0.5, 0.6) is 5.75 Å². The standard InChI is InChI=1S/C13H16F5NO/c1-2-19-10-3-5-11(6-4-10)20-13(18,9-16)12(17,7-14)8-15/h3-6,19H,2,7-9H2,1H3. The van der Waals surface area contributed by atoms with E-state index in [0.717, 1.165) is 0 Å². The summed E-state index contributed by atoms with van der Waals surface area (Å²) in [7, 11) is 0. The molecule has 7 heteroatoms. The van der Waals surface area contributed by atoms with Crippen LogP contribution in [-0.2, 0) is 0 Å². The smallest absolute Gasteiger partial charge is 0.315 e. The number of alkyl halides is 5. The Labute approximate surface area is 113 Å². The number of halogens is 5. The van der Waals surface area contributed by atoms with Gasteiger partial charge in [0.1, 0.15) is 19.1 Å². The van der Waals surface area contributed by atoms with Crippen LogP contribution in [0.1, 0.15) is 6.92 Å². The number of hydrogen-bond acceptors (Lipinski definition) is 2. The lowest BCUT2D eigenvalue weighted by Gasteiger charge is -2.33. The van der Waals surface area contributed by atoms with E-state index in [1.165, 1.54) is 24.3 Å². The molecule has 0 saturated carbocycles. The maximum Gasteiger partial charge on any atom is 0.315 e. The lowest BCUT2D eigenvalue weighted by atomic mass is 10.0. The molecule has 114 valence electrons. The molecule has 1 aromatic carbocycles. The second-order valence-electron chi connectivity index (χ2n) is 4.25. The van der Waals surface area contributed by atoms with Gasteiger partial charge in [-0.3, -0.25) is 0 Å². The van der Waals surface area contributed by atoms with Crippen LogP contribution in [0, 0.1) is 0 Å². The zero-order chi connectivity index (χ0) is 15.2. The van der Waals surface area contributed by atoms with Crippen molar-refractivity contribution in [3.05, 3.63) is 24.3 Å². The summed E-state index contributed by atoms with van der Waals surface area (Å²) in [6.45, 7) is -3.56. The summed E-state index contributed by atoms with van der Waals surface area (Å²) in [5, 5.41) is 2.95. The lowest BCUT2D eigenvalue weighted by molar-refractivity contribution is -0.197. The predicted molar refractivity (Wildman–Crippen MR) is 66.8 cm³/mol. The van der Waals surface area contributed by atoms with Crippen molar-refractivity contribution in [1.29, 1.82) is 0 Å². The van der Waals surface area contributed by atoms with Gasteiger partial charge in [0.2, 0.25) is 5.67 Å². The Morgan fingerprint density at radius 3 is 1.95 bits per heavy atom. The van der Waals surface area contributed by atoms with Crippen molar-refractivity contribution >= 4 is 5.69 Å². The molecule has 0 heterocycles. The van der Waals surface area contributed by atoms with Gasteiger partial charge in [0, 0.05) is 12.2 Å². The SMILES string of the molecule is CCNc1ccc(OC(F)(CF)C(F)(CF)CF)cc1. The van der Waals surface area contributed by atoms with Crippen LogP contribution in [0.25, 0.3) is 0 Å². The first-order valence-electron chi connectivity index (χ1n) is 6.03. The van der Waals surface area contributed by atoms with E-state index < -0.39 is 31.5 Å². The highest BCUT2D eigenvalue weighted by atomic mass is 19.2. The molecule has 20 heavy (non-hydrogen) atoms. The first-order chi connectivity index (χ1) is 9.44. The van der Waals surface area contributed by atoms with E-state index >= 15 is 0 Å². The van der Waals surface area contributed by atoms with Crippen LogP contribution >= 0.6 is 0 Å². The van der Waals surface area contributed by atoms with Gasteiger partial charge < -0.3 is 10.1 Å². The molecule has 0 amide bonds. The zero-order valence-electron chi connectivity index (χ0n) is 10.9. The highest BCUT2D eigenvalue weighted by Gasteiger charge is 2.57. The zero-order valence-corrected chi connectivity index (χ0v) is 10.9. The lowest BCUT2D eigenvalue weighted by Crippen LogP contribution is -2.56. The molecule has 1 unspecified atom stereocenters. The third kappa shape index (κ3) is 3.32. The number of hydrogen-bond donors (Lipinski definition) is 1. The van der Waals surface area contributed by atoms with Crippen molar-refractivity contribution in [2.45, 2.75) is 18.4 Å². The van der Waals surface area contributed by atoms with Crippen molar-refractivity contribution in [1.82, 2.24) is 0 Å². The minimum Gasteiger partial charge on any atom is -0.452 e. The quantitative estimate of drug-likeness (QED) is 0.737. The molecule has 0 aromatic heterocycles. The van der Waals surface area contributed by atoms with Crippen LogP contribution in [0.2, 0.25) is 0 Å². The van der Waals surface area contributed by atoms with E-state index in [4.69, 9.17) is 0 Å². The highest BCUT2D eigenvalue weighted by molar-refractivity contribution is 5.46. The average molecular weight is 297 g/mol. The molecule has 0 aliphatic rings. The summed E-state index contributed by atoms with van der Waals surface area (Å²) in [4.78, 5) is 0. The largest absolute Gasteiger partial charge is 0.452 e. The van der Waals surface area contributed by atoms with E-state index in [1.807, 2.05) is 6.92 Å². The minimum absolute atomic E-state index is 0.226. The van der Waals surface area contributed by atoms with Crippen LogP contribution in [-0.4, -0.2) is 38.1 Å². The summed E-state index contributed by atoms with van der Waals surface area (Å²) >= 11 is 0. The number of rotatable bonds is 8. The fraction of sp³-hybridized carbons (Fsp3) is 0.538. The van der Waals surface area contributed by atoms with Crippen molar-refractivity contribution in [2.24, 2.45) is 0 Å². The summed E-state index contributed by atoms with van der Waals surface area (Å²) < 4.78 is 69.9. The molecular weight excluding hydrogens is 281 g/mol. The Morgan fingerprint density at radius 2 is 1.55 bits per heavy atom. The Morgan fingerprint density at radius 1 is 1.00 bits per heavy atom. The third-order valence-electron chi connectivity index (χ3n) is 2.78. The molecule has 2 nitrogen and oxygen atoms in total. The number of benzene rings is 1. The van der Waals surface area contributed by atoms with E-state index in [0.29, 0.717) is 12.2 Å². The molecule has 1 N–H and O–H groups in total. The molecule has 0 aliphatic heterocycles. The van der Waals surface area contributed by atoms with E-state index in [9.17, 15) is 22.0 Å². The molecular formula is C13H16F5NO. The van der Waals surface area contributed by atoms with Gasteiger partial charge in [0.05, 0.1) is 0 Å². The van der Waals surface area contributed by atoms with Crippen molar-refractivity contribution in [3.8, 4) is 5.75 Å². The predicted octanol–water partition coefficient (Wildman–Crippen LogP) is 3.78. The maximum atomic E-state index is 14.0. The molecule has 0 bridgehead atoms. The van der Waals surface area contributed by atoms with Crippen molar-refractivity contribution in [3.63, 3.8) is 0 Å². The first kappa shape index (κ1) is 16.5. The summed E-state index contributed by atoms with van der Waals surface area (Å²) in [5.41, 5.74) is -2.99. The topological polar surface area (TPSA) is 21.3 Å². The van der Waals surface area contributed by atoms with Gasteiger partial charge in [-0.05, 0) is 31.2 Å². The first-order valence-corrected chi connectivity index (χ1v) is 6.03. The molecule has 0 saturated heterocycles.